The molecule has 0 aromatic carbocycles. The van der Waals surface area contributed by atoms with E-state index in [0.717, 1.165) is 65.2 Å². The Kier molecular flexibility index (Phi) is 52.2. The molecule has 0 radical (unpaired) electrons. The molecule has 7 saturated heterocycles. The summed E-state index contributed by atoms with van der Waals surface area (Å²) >= 11 is 0. The molecule has 14 unspecified atom stereocenters. The molecule has 40 heteroatoms. The minimum Gasteiger partial charge on any atom is -0.394 e. The smallest absolute Gasteiger partial charge is 0.220 e. The molecule has 40 nitrogen and oxygen atoms in total. The van der Waals surface area contributed by atoms with E-state index in [1.54, 1.807) is 6.08 Å². The highest BCUT2D eigenvalue weighted by Gasteiger charge is 2.60. The first-order valence-corrected chi connectivity index (χ1v) is 47.3. The van der Waals surface area contributed by atoms with E-state index in [-0.39, 0.29) is 12.3 Å². The van der Waals surface area contributed by atoms with Gasteiger partial charge in [0.25, 0.3) is 0 Å². The van der Waals surface area contributed by atoms with Crippen LogP contribution >= 0.6 is 0 Å². The first-order chi connectivity index (χ1) is 61.5. The van der Waals surface area contributed by atoms with E-state index in [1.807, 2.05) is 6.08 Å². The van der Waals surface area contributed by atoms with Gasteiger partial charge in [0.2, 0.25) is 17.7 Å². The summed E-state index contributed by atoms with van der Waals surface area (Å²) in [6.07, 6.45) is -24.1. The van der Waals surface area contributed by atoms with E-state index >= 15 is 0 Å². The van der Waals surface area contributed by atoms with Crippen LogP contribution in [0.15, 0.2) is 12.2 Å². The Morgan fingerprint density at radius 3 is 1.13 bits per heavy atom. The van der Waals surface area contributed by atoms with E-state index < -0.39 is 285 Å². The van der Waals surface area contributed by atoms with Crippen molar-refractivity contribution in [3.8, 4) is 0 Å². The maximum atomic E-state index is 13.6. The fourth-order valence-electron chi connectivity index (χ4n) is 17.7. The van der Waals surface area contributed by atoms with Gasteiger partial charge >= 0.3 is 0 Å². The van der Waals surface area contributed by atoms with Crippen molar-refractivity contribution in [2.24, 2.45) is 0 Å². The third-order valence-electron chi connectivity index (χ3n) is 25.3. The molecule has 3 amide bonds. The fraction of sp³-hybridized carbons (Fsp3) is 0.943. The van der Waals surface area contributed by atoms with E-state index in [9.17, 15) is 117 Å². The zero-order chi connectivity index (χ0) is 93.5. The number of hydrogen-bond donors (Lipinski definition) is 23. The number of carbonyl (C=O) groups is 3. The van der Waals surface area contributed by atoms with Gasteiger partial charge in [0.15, 0.2) is 44.0 Å². The average molecular weight is 1850 g/mol. The topological polar surface area (TPSA) is 621 Å². The quantitative estimate of drug-likeness (QED) is 0.0250. The molecule has 0 aliphatic carbocycles. The number of ether oxygens (including phenoxy) is 14. The van der Waals surface area contributed by atoms with Crippen LogP contribution in [0, 0.1) is 0 Å². The third kappa shape index (κ3) is 33.9. The number of aliphatic hydroxyl groups excluding tert-OH is 20. The molecule has 0 aromatic heterocycles. The third-order valence-corrected chi connectivity index (χ3v) is 25.3. The number of unbranched alkanes of at least 4 members (excludes halogenated alkanes) is 31. The Morgan fingerprint density at radius 2 is 0.672 bits per heavy atom. The van der Waals surface area contributed by atoms with Gasteiger partial charge in [0.1, 0.15) is 165 Å². The highest BCUT2D eigenvalue weighted by molar-refractivity contribution is 5.76. The summed E-state index contributed by atoms with van der Waals surface area (Å²) in [7, 11) is 0. The van der Waals surface area contributed by atoms with Crippen LogP contribution in [0.2, 0.25) is 0 Å². The molecule has 7 rings (SSSR count). The second-order valence-electron chi connectivity index (χ2n) is 35.6. The predicted octanol–water partition coefficient (Wildman–Crippen LogP) is -1.23. The van der Waals surface area contributed by atoms with E-state index in [0.29, 0.717) is 12.8 Å². The number of rotatable bonds is 60. The van der Waals surface area contributed by atoms with E-state index in [2.05, 4.69) is 29.8 Å². The van der Waals surface area contributed by atoms with Gasteiger partial charge in [-0.3, -0.25) is 14.4 Å². The normalized spacial score (nSPS) is 37.7. The second kappa shape index (κ2) is 59.7. The summed E-state index contributed by atoms with van der Waals surface area (Å²) in [6.45, 7) is 0.842. The fourth-order valence-corrected chi connectivity index (χ4v) is 17.7. The first kappa shape index (κ1) is 112. The van der Waals surface area contributed by atoms with Gasteiger partial charge < -0.3 is 184 Å². The maximum Gasteiger partial charge on any atom is 0.220 e. The molecule has 7 aliphatic heterocycles. The van der Waals surface area contributed by atoms with Gasteiger partial charge in [-0.2, -0.15) is 0 Å². The molecule has 0 aromatic rings. The lowest BCUT2D eigenvalue weighted by Crippen LogP contribution is -2.71. The highest BCUT2D eigenvalue weighted by atomic mass is 16.8. The van der Waals surface area contributed by atoms with Crippen molar-refractivity contribution in [2.45, 2.75) is 480 Å². The number of allylic oxidation sites excluding steroid dienone is 1. The molecule has 0 saturated carbocycles. The minimum absolute atomic E-state index is 0.161. The largest absolute Gasteiger partial charge is 0.394 e. The summed E-state index contributed by atoms with van der Waals surface area (Å²) in [5, 5.41) is 234. The van der Waals surface area contributed by atoms with Crippen LogP contribution in [0.1, 0.15) is 253 Å². The van der Waals surface area contributed by atoms with Crippen molar-refractivity contribution in [3.63, 3.8) is 0 Å². The number of aliphatic hydroxyl groups is 20. The zero-order valence-corrected chi connectivity index (χ0v) is 75.4. The van der Waals surface area contributed by atoms with Crippen LogP contribution < -0.4 is 16.0 Å². The van der Waals surface area contributed by atoms with Gasteiger partial charge in [-0.15, -0.1) is 0 Å². The lowest BCUT2D eigenvalue weighted by atomic mass is 9.93. The molecule has 7 aliphatic rings. The van der Waals surface area contributed by atoms with Crippen LogP contribution in [0.3, 0.4) is 0 Å². The summed E-state index contributed by atoms with van der Waals surface area (Å²) in [4.78, 5) is 39.7. The van der Waals surface area contributed by atoms with Gasteiger partial charge in [-0.25, -0.2) is 0 Å². The van der Waals surface area contributed by atoms with Gasteiger partial charge in [-0.1, -0.05) is 219 Å². The lowest BCUT2D eigenvalue weighted by molar-refractivity contribution is -0.399. The monoisotopic (exact) mass is 1850 g/mol. The van der Waals surface area contributed by atoms with Crippen molar-refractivity contribution in [1.29, 1.82) is 0 Å². The van der Waals surface area contributed by atoms with Crippen molar-refractivity contribution in [2.75, 3.05) is 46.2 Å². The molecule has 37 atom stereocenters. The minimum atomic E-state index is -2.43. The van der Waals surface area contributed by atoms with Crippen LogP contribution in [0.4, 0.5) is 0 Å². The molecule has 23 N–H and O–H groups in total. The standard InChI is InChI=1S/C88H159N3O37/c1-6-8-10-12-14-16-18-20-21-22-23-24-25-26-27-29-31-33-35-37-39-41-60(101)91-52(53(100)40-38-36-34-32-30-28-19-17-15-13-11-9-7-2)48-115-85-71(110)69(108)75(57(45-95)120-85)124-86-72(111)70(109)76(58(46-96)121-86)125-88-74(113)80(128-83-61(89-50(4)98)67(106)64(103)54(42-92)117-83)77(59(47-97)122-88)126-84-62(90-51(5)99)78(65(104)55(43-93)118-84)127-87-73(112)79(66(105)56(44-94)119-87)123-81-68(107)63(102)49(3)116-82(81)114/h38,40,49,52-59,61-88,92-97,100,102-114H,6-37,39,41-48H2,1-5H3,(H,89,98)(H,90,99)(H,91,101)/b40-38+/t49?,52-,53+,54?,55?,56?,57?,58?,59?,61?,62?,63+,64-,65-,66-,67+,68?,69+,70+,71?,72?,73?,74?,75+,76-,77-,78+,79-,80+,81-,82+,83-,84-,85+,86-,87-,88-/m0/s1. The Balaban J connectivity index is 1.02. The van der Waals surface area contributed by atoms with Crippen molar-refractivity contribution in [3.05, 3.63) is 12.2 Å². The molecule has 7 heterocycles. The first-order valence-electron chi connectivity index (χ1n) is 47.3. The van der Waals surface area contributed by atoms with Gasteiger partial charge in [0.05, 0.1) is 64.5 Å². The van der Waals surface area contributed by atoms with E-state index in [1.165, 1.54) is 155 Å². The number of carbonyl (C=O) groups excluding carboxylic acids is 3. The summed E-state index contributed by atoms with van der Waals surface area (Å²) < 4.78 is 83.9. The van der Waals surface area contributed by atoms with E-state index in [4.69, 9.17) is 66.3 Å². The summed E-state index contributed by atoms with van der Waals surface area (Å²) in [6, 6.07) is -4.82. The second-order valence-corrected chi connectivity index (χ2v) is 35.6. The predicted molar refractivity (Wildman–Crippen MR) is 453 cm³/mol. The Bertz CT molecular complexity index is 3020. The molecule has 0 spiro atoms. The van der Waals surface area contributed by atoms with Crippen molar-refractivity contribution >= 4 is 17.7 Å². The van der Waals surface area contributed by atoms with Crippen LogP contribution in [-0.2, 0) is 80.7 Å². The number of amides is 3. The van der Waals surface area contributed by atoms with Crippen molar-refractivity contribution in [1.82, 2.24) is 16.0 Å². The summed E-state index contributed by atoms with van der Waals surface area (Å²) in [5.74, 6) is -2.15. The van der Waals surface area contributed by atoms with Crippen LogP contribution in [0.25, 0.3) is 0 Å². The molecule has 128 heavy (non-hydrogen) atoms. The summed E-state index contributed by atoms with van der Waals surface area (Å²) in [5.41, 5.74) is 0. The lowest BCUT2D eigenvalue weighted by Gasteiger charge is -2.52. The van der Waals surface area contributed by atoms with Crippen LogP contribution in [0.5, 0.6) is 0 Å². The van der Waals surface area contributed by atoms with Gasteiger partial charge in [0, 0.05) is 20.3 Å². The number of nitrogens with one attached hydrogen (secondary N) is 3. The van der Waals surface area contributed by atoms with Crippen molar-refractivity contribution < 1.29 is 183 Å². The molecule has 7 fully saturated rings. The molecular formula is C88H159N3O37. The number of hydrogen-bond acceptors (Lipinski definition) is 37. The highest BCUT2D eigenvalue weighted by Crippen LogP contribution is 2.40. The zero-order valence-electron chi connectivity index (χ0n) is 75.4. The SMILES string of the molecule is CCCCCCCCCCCCC/C=C/[C@@H](O)[C@H](CO[C@@H]1OC(CO)[C@@H](O[C@@H]2OC(CO)[C@H](O[C@@H]3OC(CO)[C@H](O[C@@H]4OC(CO)[C@H](O)[C@H](O[C@@H]5OC(CO)[C@H](O)[C@H](O[C@H]6C(O)[C@H](O)C(C)O[C@H]6O)C5O)C4NC(C)=O)[C@H](O[C@@H]4OC(CO)[C@H](O)[C@H](O)C4NC(C)=O)C3O)[C@H](O)C2O)[C@H](O)C1O)NC(=O)CCCCCCCCCCCCCCCCCCCCCCC. The Hall–Kier alpha value is -3.21. The molecule has 0 bridgehead atoms. The Labute approximate surface area is 751 Å². The molecule has 748 valence electrons. The van der Waals surface area contributed by atoms with Crippen LogP contribution in [-0.4, -0.2) is 393 Å². The molecular weight excluding hydrogens is 1690 g/mol. The Morgan fingerprint density at radius 1 is 0.328 bits per heavy atom. The average Bonchev–Trinajstić information content (AvgIpc) is 0.755. The van der Waals surface area contributed by atoms with Gasteiger partial charge in [-0.05, 0) is 26.2 Å². The maximum absolute atomic E-state index is 13.6.